The van der Waals surface area contributed by atoms with Gasteiger partial charge in [0, 0.05) is 37.3 Å². The van der Waals surface area contributed by atoms with Crippen LogP contribution in [0.1, 0.15) is 55.0 Å². The third kappa shape index (κ3) is 5.91. The van der Waals surface area contributed by atoms with Crippen LogP contribution in [0.3, 0.4) is 0 Å². The third-order valence-corrected chi connectivity index (χ3v) is 7.19. The number of allylic oxidation sites excluding steroid dienone is 1. The Labute approximate surface area is 237 Å². The first-order chi connectivity index (χ1) is 19.7. The molecule has 0 bridgehead atoms. The average molecular weight is 591 g/mol. The molecule has 2 aromatic carbocycles. The van der Waals surface area contributed by atoms with Gasteiger partial charge in [-0.2, -0.15) is 18.4 Å². The van der Waals surface area contributed by atoms with Gasteiger partial charge in [-0.1, -0.05) is 19.1 Å². The van der Waals surface area contributed by atoms with Crippen molar-refractivity contribution in [1.82, 2.24) is 19.7 Å². The number of carboxylic acids is 1. The zero-order chi connectivity index (χ0) is 31.0. The van der Waals surface area contributed by atoms with Crippen molar-refractivity contribution in [2.75, 3.05) is 18.5 Å². The summed E-state index contributed by atoms with van der Waals surface area (Å²) in [5, 5.41) is 26.1. The first kappa shape index (κ1) is 30.4. The molecular weight excluding hydrogens is 563 g/mol. The van der Waals surface area contributed by atoms with Crippen molar-refractivity contribution in [2.45, 2.75) is 51.4 Å². The van der Waals surface area contributed by atoms with Gasteiger partial charge in [-0.05, 0) is 55.4 Å². The highest BCUT2D eigenvalue weighted by atomic mass is 19.4. The van der Waals surface area contributed by atoms with E-state index in [9.17, 15) is 41.9 Å². The van der Waals surface area contributed by atoms with E-state index in [2.05, 4.69) is 10.2 Å². The quantitative estimate of drug-likeness (QED) is 0.319. The molecule has 14 heteroatoms. The fraction of sp³-hybridized carbons (Fsp3) is 0.357. The van der Waals surface area contributed by atoms with E-state index in [4.69, 9.17) is 0 Å². The zero-order valence-electron chi connectivity index (χ0n) is 22.8. The second kappa shape index (κ2) is 11.4. The Kier molecular flexibility index (Phi) is 8.27. The molecule has 3 aromatic rings. The van der Waals surface area contributed by atoms with Crippen molar-refractivity contribution >= 4 is 17.6 Å². The minimum absolute atomic E-state index is 0.00424. The number of carbonyl (C=O) groups is 1. The van der Waals surface area contributed by atoms with Crippen molar-refractivity contribution in [3.8, 4) is 6.07 Å². The lowest BCUT2D eigenvalue weighted by Crippen LogP contribution is -2.38. The zero-order valence-corrected chi connectivity index (χ0v) is 22.8. The molecule has 9 nitrogen and oxygen atoms in total. The number of hydrogen-bond donors (Lipinski definition) is 2. The summed E-state index contributed by atoms with van der Waals surface area (Å²) in [4.78, 5) is 28.6. The Balaban J connectivity index is 1.89. The number of H-pyrrole nitrogens is 1. The summed E-state index contributed by atoms with van der Waals surface area (Å²) >= 11 is 0. The first-order valence-electron chi connectivity index (χ1n) is 12.9. The second-order valence-corrected chi connectivity index (χ2v) is 10.0. The maximum atomic E-state index is 13.9. The van der Waals surface area contributed by atoms with Crippen LogP contribution in [0.25, 0.3) is 0 Å². The summed E-state index contributed by atoms with van der Waals surface area (Å²) in [5.74, 6) is -4.48. The highest BCUT2D eigenvalue weighted by molar-refractivity contribution is 5.92. The van der Waals surface area contributed by atoms with Gasteiger partial charge in [0.2, 0.25) is 11.9 Å². The van der Waals surface area contributed by atoms with E-state index < -0.39 is 41.8 Å². The second-order valence-electron chi connectivity index (χ2n) is 10.0. The first-order valence-corrected chi connectivity index (χ1v) is 12.9. The molecule has 1 atom stereocenters. The largest absolute Gasteiger partial charge is 0.478 e. The minimum atomic E-state index is -4.68. The van der Waals surface area contributed by atoms with E-state index in [1.54, 1.807) is 11.9 Å². The molecule has 0 saturated heterocycles. The highest BCUT2D eigenvalue weighted by Gasteiger charge is 2.40. The number of nitrogens with zero attached hydrogens (tertiary/aromatic N) is 5. The van der Waals surface area contributed by atoms with Crippen LogP contribution in [0.2, 0.25) is 0 Å². The number of nitriles is 1. The number of benzene rings is 2. The molecule has 2 heterocycles. The standard InChI is InChI=1S/C28H27F5N6O3/c1-4-27(29,30)10-11-37(3)15-18-12-17(14-34)8-9-21(18)23-22(24(40)41)16(2)38(25-35-36-26(42)39(23)25)20-7-5-6-19(13-20)28(31,32)33/h5-9,12-13,23H,4,10-11,15H2,1-3H3,(H,36,42)(H,40,41)/t23-/m1/s1. The lowest BCUT2D eigenvalue weighted by atomic mass is 9.90. The topological polar surface area (TPSA) is 118 Å². The Hall–Kier alpha value is -4.51. The van der Waals surface area contributed by atoms with Crippen LogP contribution >= 0.6 is 0 Å². The van der Waals surface area contributed by atoms with Crippen molar-refractivity contribution in [3.05, 3.63) is 86.5 Å². The number of rotatable bonds is 9. The predicted octanol–water partition coefficient (Wildman–Crippen LogP) is 5.43. The normalized spacial score (nSPS) is 15.6. The van der Waals surface area contributed by atoms with Crippen LogP contribution in [0.5, 0.6) is 0 Å². The fourth-order valence-corrected chi connectivity index (χ4v) is 4.96. The highest BCUT2D eigenvalue weighted by Crippen LogP contribution is 2.43. The summed E-state index contributed by atoms with van der Waals surface area (Å²) in [5.41, 5.74) is -1.30. The summed E-state index contributed by atoms with van der Waals surface area (Å²) in [6, 6.07) is 9.26. The molecule has 222 valence electrons. The summed E-state index contributed by atoms with van der Waals surface area (Å²) < 4.78 is 69.3. The molecule has 0 amide bonds. The van der Waals surface area contributed by atoms with E-state index in [-0.39, 0.29) is 53.5 Å². The smallest absolute Gasteiger partial charge is 0.416 e. The number of carboxylic acid groups (broad SMARTS) is 1. The molecule has 0 unspecified atom stereocenters. The number of aromatic amines is 1. The van der Waals surface area contributed by atoms with Crippen LogP contribution < -0.4 is 10.6 Å². The minimum Gasteiger partial charge on any atom is -0.478 e. The van der Waals surface area contributed by atoms with Gasteiger partial charge in [0.15, 0.2) is 0 Å². The predicted molar refractivity (Wildman–Crippen MR) is 142 cm³/mol. The van der Waals surface area contributed by atoms with Gasteiger partial charge in [0.1, 0.15) is 6.04 Å². The Morgan fingerprint density at radius 2 is 1.90 bits per heavy atom. The van der Waals surface area contributed by atoms with E-state index >= 15 is 0 Å². The molecule has 1 aromatic heterocycles. The van der Waals surface area contributed by atoms with Crippen molar-refractivity contribution < 1.29 is 31.9 Å². The maximum Gasteiger partial charge on any atom is 0.416 e. The monoisotopic (exact) mass is 590 g/mol. The van der Waals surface area contributed by atoms with Crippen LogP contribution in [0.15, 0.2) is 58.5 Å². The molecule has 0 radical (unpaired) electrons. The molecule has 0 aliphatic carbocycles. The van der Waals surface area contributed by atoms with Crippen molar-refractivity contribution in [3.63, 3.8) is 0 Å². The molecule has 1 aliphatic rings. The lowest BCUT2D eigenvalue weighted by molar-refractivity contribution is -0.137. The number of nitrogens with one attached hydrogen (secondary N) is 1. The third-order valence-electron chi connectivity index (χ3n) is 7.19. The van der Waals surface area contributed by atoms with Gasteiger partial charge in [0.25, 0.3) is 0 Å². The Morgan fingerprint density at radius 3 is 2.52 bits per heavy atom. The number of anilines is 2. The van der Waals surface area contributed by atoms with Gasteiger partial charge in [-0.25, -0.2) is 28.0 Å². The molecule has 1 aliphatic heterocycles. The van der Waals surface area contributed by atoms with E-state index in [1.165, 1.54) is 38.1 Å². The van der Waals surface area contributed by atoms with Gasteiger partial charge in [-0.15, -0.1) is 5.10 Å². The summed E-state index contributed by atoms with van der Waals surface area (Å²) in [6.45, 7) is 2.79. The van der Waals surface area contributed by atoms with Crippen LogP contribution in [0.4, 0.5) is 33.6 Å². The molecule has 2 N–H and O–H groups in total. The summed E-state index contributed by atoms with van der Waals surface area (Å²) in [7, 11) is 1.60. The van der Waals surface area contributed by atoms with E-state index in [1.807, 2.05) is 6.07 Å². The number of halogens is 5. The number of fused-ring (bicyclic) bond motifs is 1. The molecule has 4 rings (SSSR count). The van der Waals surface area contributed by atoms with Crippen molar-refractivity contribution in [1.29, 1.82) is 5.26 Å². The Morgan fingerprint density at radius 1 is 1.19 bits per heavy atom. The molecular formula is C28H27F5N6O3. The molecule has 42 heavy (non-hydrogen) atoms. The number of aliphatic carboxylic acids is 1. The van der Waals surface area contributed by atoms with Crippen LogP contribution in [-0.2, 0) is 17.5 Å². The number of hydrogen-bond acceptors (Lipinski definition) is 6. The van der Waals surface area contributed by atoms with Crippen molar-refractivity contribution in [2.24, 2.45) is 0 Å². The van der Waals surface area contributed by atoms with Crippen LogP contribution in [0, 0.1) is 11.3 Å². The number of aromatic nitrogens is 3. The fourth-order valence-electron chi connectivity index (χ4n) is 4.96. The number of alkyl halides is 5. The van der Waals surface area contributed by atoms with E-state index in [0.29, 0.717) is 5.56 Å². The lowest BCUT2D eigenvalue weighted by Gasteiger charge is -2.36. The molecule has 0 fully saturated rings. The SMILES string of the molecule is CCC(F)(F)CCN(C)Cc1cc(C#N)ccc1[C@@H]1C(C(=O)O)=C(C)N(c2cccc(C(F)(F)F)c2)c2n[nH]c(=O)n21. The van der Waals surface area contributed by atoms with Gasteiger partial charge in [0.05, 0.1) is 22.8 Å². The average Bonchev–Trinajstić information content (AvgIpc) is 3.31. The summed E-state index contributed by atoms with van der Waals surface area (Å²) in [6.07, 6.45) is -5.44. The van der Waals surface area contributed by atoms with E-state index in [0.717, 1.165) is 27.7 Å². The van der Waals surface area contributed by atoms with Gasteiger partial charge < -0.3 is 10.0 Å². The molecule has 0 spiro atoms. The van der Waals surface area contributed by atoms with Crippen LogP contribution in [-0.4, -0.2) is 50.3 Å². The molecule has 0 saturated carbocycles. The maximum absolute atomic E-state index is 13.9. The van der Waals surface area contributed by atoms with Gasteiger partial charge in [-0.3, -0.25) is 4.90 Å². The Bertz CT molecular complexity index is 1640. The van der Waals surface area contributed by atoms with Gasteiger partial charge >= 0.3 is 17.8 Å².